The van der Waals surface area contributed by atoms with Crippen molar-refractivity contribution in [3.8, 4) is 11.3 Å². The van der Waals surface area contributed by atoms with Gasteiger partial charge in [0.2, 0.25) is 0 Å². The first-order chi connectivity index (χ1) is 10.8. The van der Waals surface area contributed by atoms with E-state index in [2.05, 4.69) is 15.6 Å². The van der Waals surface area contributed by atoms with Crippen LogP contribution in [0, 0.1) is 5.82 Å². The van der Waals surface area contributed by atoms with Gasteiger partial charge in [-0.15, -0.1) is 11.3 Å². The number of hydrogen-bond donors (Lipinski definition) is 2. The molecule has 7 heteroatoms. The summed E-state index contributed by atoms with van der Waals surface area (Å²) in [5.74, 6) is -0.270. The number of thiazole rings is 1. The van der Waals surface area contributed by atoms with Crippen LogP contribution in [0.25, 0.3) is 11.3 Å². The lowest BCUT2D eigenvalue weighted by Crippen LogP contribution is -2.41. The fourth-order valence-electron chi connectivity index (χ4n) is 1.75. The summed E-state index contributed by atoms with van der Waals surface area (Å²) in [7, 11) is 0. The van der Waals surface area contributed by atoms with Crippen LogP contribution < -0.4 is 10.6 Å². The first-order valence-electron chi connectivity index (χ1n) is 7.24. The average Bonchev–Trinajstić information content (AvgIpc) is 2.91. The molecule has 124 valence electrons. The summed E-state index contributed by atoms with van der Waals surface area (Å²) < 4.78 is 18.0. The Morgan fingerprint density at radius 1 is 1.30 bits per heavy atom. The molecule has 0 aliphatic rings. The highest BCUT2D eigenvalue weighted by atomic mass is 32.1. The second-order valence-corrected chi connectivity index (χ2v) is 6.84. The molecule has 0 saturated carbocycles. The molecule has 1 amide bonds. The number of rotatable bonds is 5. The topological polar surface area (TPSA) is 63.2 Å². The normalized spacial score (nSPS) is 11.1. The number of aromatic nitrogens is 1. The van der Waals surface area contributed by atoms with E-state index in [1.165, 1.54) is 23.5 Å². The summed E-state index contributed by atoms with van der Waals surface area (Å²) in [6.45, 7) is 6.37. The summed E-state index contributed by atoms with van der Waals surface area (Å²) in [4.78, 5) is 15.9. The Kier molecular flexibility index (Phi) is 5.54. The molecule has 1 heterocycles. The first kappa shape index (κ1) is 17.2. The standard InChI is InChI=1S/C16H20FN3O2S/c1-16(2,3)20-15(21)22-9-8-18-14-19-13(10-23-14)11-4-6-12(17)7-5-11/h4-7,10H,8-9H2,1-3H3,(H,18,19)(H,20,21). The molecule has 0 bridgehead atoms. The Morgan fingerprint density at radius 2 is 2.00 bits per heavy atom. The van der Waals surface area contributed by atoms with Crippen molar-refractivity contribution in [2.24, 2.45) is 0 Å². The van der Waals surface area contributed by atoms with E-state index in [1.54, 1.807) is 12.1 Å². The zero-order valence-corrected chi connectivity index (χ0v) is 14.2. The predicted octanol–water partition coefficient (Wildman–Crippen LogP) is 3.89. The highest BCUT2D eigenvalue weighted by molar-refractivity contribution is 7.14. The third-order valence-electron chi connectivity index (χ3n) is 2.73. The molecule has 2 aromatic rings. The Bertz CT molecular complexity index is 650. The SMILES string of the molecule is CC(C)(C)NC(=O)OCCNc1nc(-c2ccc(F)cc2)cs1. The number of carbonyl (C=O) groups is 1. The molecule has 2 N–H and O–H groups in total. The minimum absolute atomic E-state index is 0.243. The summed E-state index contributed by atoms with van der Waals surface area (Å²) in [5.41, 5.74) is 1.32. The number of nitrogens with one attached hydrogen (secondary N) is 2. The van der Waals surface area contributed by atoms with Crippen molar-refractivity contribution in [2.75, 3.05) is 18.5 Å². The number of benzene rings is 1. The predicted molar refractivity (Wildman–Crippen MR) is 90.2 cm³/mol. The second-order valence-electron chi connectivity index (χ2n) is 5.98. The quantitative estimate of drug-likeness (QED) is 0.813. The van der Waals surface area contributed by atoms with Crippen LogP contribution in [0.1, 0.15) is 20.8 Å². The van der Waals surface area contributed by atoms with E-state index in [1.807, 2.05) is 26.2 Å². The lowest BCUT2D eigenvalue weighted by Gasteiger charge is -2.19. The Balaban J connectivity index is 1.77. The van der Waals surface area contributed by atoms with Crippen molar-refractivity contribution in [3.63, 3.8) is 0 Å². The number of alkyl carbamates (subject to hydrolysis) is 1. The zero-order valence-electron chi connectivity index (χ0n) is 13.4. The van der Waals surface area contributed by atoms with Gasteiger partial charge in [0.05, 0.1) is 12.2 Å². The first-order valence-corrected chi connectivity index (χ1v) is 8.12. The molecule has 0 radical (unpaired) electrons. The number of ether oxygens (including phenoxy) is 1. The van der Waals surface area contributed by atoms with E-state index < -0.39 is 6.09 Å². The Labute approximate surface area is 138 Å². The zero-order chi connectivity index (χ0) is 16.9. The fourth-order valence-corrected chi connectivity index (χ4v) is 2.50. The summed E-state index contributed by atoms with van der Waals surface area (Å²) in [6, 6.07) is 6.19. The molecule has 0 aliphatic heterocycles. The van der Waals surface area contributed by atoms with Gasteiger partial charge in [0.1, 0.15) is 12.4 Å². The van der Waals surface area contributed by atoms with Crippen LogP contribution >= 0.6 is 11.3 Å². The summed E-state index contributed by atoms with van der Waals surface area (Å²) in [5, 5.41) is 8.43. The van der Waals surface area contributed by atoms with Crippen LogP contribution in [-0.2, 0) is 4.74 Å². The third kappa shape index (κ3) is 5.86. The van der Waals surface area contributed by atoms with Gasteiger partial charge in [0.15, 0.2) is 5.13 Å². The second kappa shape index (κ2) is 7.41. The number of hydrogen-bond acceptors (Lipinski definition) is 5. The molecule has 0 aliphatic carbocycles. The summed E-state index contributed by atoms with van der Waals surface area (Å²) in [6.07, 6.45) is -0.439. The highest BCUT2D eigenvalue weighted by Crippen LogP contribution is 2.24. The van der Waals surface area contributed by atoms with E-state index >= 15 is 0 Å². The smallest absolute Gasteiger partial charge is 0.407 e. The van der Waals surface area contributed by atoms with E-state index in [-0.39, 0.29) is 18.0 Å². The van der Waals surface area contributed by atoms with Gasteiger partial charge in [-0.3, -0.25) is 0 Å². The molecule has 0 unspecified atom stereocenters. The van der Waals surface area contributed by atoms with Crippen LogP contribution in [0.3, 0.4) is 0 Å². The van der Waals surface area contributed by atoms with Crippen LogP contribution in [-0.4, -0.2) is 29.8 Å². The summed E-state index contributed by atoms with van der Waals surface area (Å²) >= 11 is 1.45. The van der Waals surface area contributed by atoms with Gasteiger partial charge in [0, 0.05) is 16.5 Å². The molecule has 0 saturated heterocycles. The van der Waals surface area contributed by atoms with Gasteiger partial charge >= 0.3 is 6.09 Å². The van der Waals surface area contributed by atoms with Crippen molar-refractivity contribution < 1.29 is 13.9 Å². The molecular weight excluding hydrogens is 317 g/mol. The average molecular weight is 337 g/mol. The molecule has 1 aromatic heterocycles. The van der Waals surface area contributed by atoms with Gasteiger partial charge in [0.25, 0.3) is 0 Å². The Hall–Kier alpha value is -2.15. The number of amides is 1. The molecule has 1 aromatic carbocycles. The highest BCUT2D eigenvalue weighted by Gasteiger charge is 2.14. The minimum Gasteiger partial charge on any atom is -0.448 e. The van der Waals surface area contributed by atoms with E-state index in [9.17, 15) is 9.18 Å². The molecule has 23 heavy (non-hydrogen) atoms. The van der Waals surface area contributed by atoms with Crippen molar-refractivity contribution in [1.29, 1.82) is 0 Å². The van der Waals surface area contributed by atoms with Gasteiger partial charge in [-0.25, -0.2) is 14.2 Å². The monoisotopic (exact) mass is 337 g/mol. The minimum atomic E-state index is -0.439. The van der Waals surface area contributed by atoms with Crippen molar-refractivity contribution in [3.05, 3.63) is 35.5 Å². The van der Waals surface area contributed by atoms with E-state index in [0.29, 0.717) is 6.54 Å². The van der Waals surface area contributed by atoms with Gasteiger partial charge in [-0.2, -0.15) is 0 Å². The number of anilines is 1. The largest absolute Gasteiger partial charge is 0.448 e. The third-order valence-corrected chi connectivity index (χ3v) is 3.53. The van der Waals surface area contributed by atoms with E-state index in [4.69, 9.17) is 4.74 Å². The maximum Gasteiger partial charge on any atom is 0.407 e. The van der Waals surface area contributed by atoms with Crippen molar-refractivity contribution in [2.45, 2.75) is 26.3 Å². The van der Waals surface area contributed by atoms with Gasteiger partial charge in [-0.05, 0) is 45.0 Å². The molecule has 5 nitrogen and oxygen atoms in total. The maximum absolute atomic E-state index is 12.9. The van der Waals surface area contributed by atoms with Crippen LogP contribution in [0.4, 0.5) is 14.3 Å². The molecular formula is C16H20FN3O2S. The van der Waals surface area contributed by atoms with Gasteiger partial charge in [-0.1, -0.05) is 0 Å². The number of nitrogens with zero attached hydrogens (tertiary/aromatic N) is 1. The lowest BCUT2D eigenvalue weighted by atomic mass is 10.1. The number of halogens is 1. The van der Waals surface area contributed by atoms with Gasteiger partial charge < -0.3 is 15.4 Å². The van der Waals surface area contributed by atoms with Crippen molar-refractivity contribution >= 4 is 22.6 Å². The van der Waals surface area contributed by atoms with Crippen LogP contribution in [0.5, 0.6) is 0 Å². The Morgan fingerprint density at radius 3 is 2.65 bits per heavy atom. The molecule has 0 atom stereocenters. The molecule has 0 fully saturated rings. The molecule has 0 spiro atoms. The van der Waals surface area contributed by atoms with Crippen LogP contribution in [0.15, 0.2) is 29.6 Å². The van der Waals surface area contributed by atoms with Crippen molar-refractivity contribution in [1.82, 2.24) is 10.3 Å². The maximum atomic E-state index is 12.9. The molecule has 2 rings (SSSR count). The fraction of sp³-hybridized carbons (Fsp3) is 0.375. The number of carbonyl (C=O) groups excluding carboxylic acids is 1. The lowest BCUT2D eigenvalue weighted by molar-refractivity contribution is 0.142. The van der Waals surface area contributed by atoms with Crippen LogP contribution in [0.2, 0.25) is 0 Å². The van der Waals surface area contributed by atoms with E-state index in [0.717, 1.165) is 16.4 Å².